The maximum atomic E-state index is 5.58. The molecule has 0 amide bonds. The second-order valence-electron chi connectivity index (χ2n) is 6.09. The van der Waals surface area contributed by atoms with E-state index in [1.165, 1.54) is 0 Å². The fourth-order valence-corrected chi connectivity index (χ4v) is 2.39. The summed E-state index contributed by atoms with van der Waals surface area (Å²) in [6, 6.07) is 11.7. The molecule has 7 nitrogen and oxygen atoms in total. The average molecular weight is 389 g/mol. The third-order valence-corrected chi connectivity index (χ3v) is 3.83. The molecule has 2 rings (SSSR count). The van der Waals surface area contributed by atoms with Crippen molar-refractivity contribution in [2.45, 2.75) is 26.5 Å². The van der Waals surface area contributed by atoms with Gasteiger partial charge in [0.2, 0.25) is 0 Å². The fraction of sp³-hybridized carbons (Fsp3) is 0.476. The van der Waals surface area contributed by atoms with E-state index in [1.807, 2.05) is 36.4 Å². The van der Waals surface area contributed by atoms with Crippen LogP contribution >= 0.6 is 0 Å². The van der Waals surface area contributed by atoms with Crippen LogP contribution in [0.4, 0.5) is 0 Å². The summed E-state index contributed by atoms with van der Waals surface area (Å²) >= 11 is 0. The minimum Gasteiger partial charge on any atom is -0.491 e. The van der Waals surface area contributed by atoms with Gasteiger partial charge in [0.05, 0.1) is 19.4 Å². The lowest BCUT2D eigenvalue weighted by Gasteiger charge is -2.11. The zero-order chi connectivity index (χ0) is 19.9. The zero-order valence-corrected chi connectivity index (χ0v) is 16.8. The van der Waals surface area contributed by atoms with Gasteiger partial charge in [-0.1, -0.05) is 12.1 Å². The predicted octanol–water partition coefficient (Wildman–Crippen LogP) is 2.97. The first kappa shape index (κ1) is 21.8. The van der Waals surface area contributed by atoms with Crippen LogP contribution in [0.5, 0.6) is 5.75 Å². The van der Waals surface area contributed by atoms with E-state index >= 15 is 0 Å². The first-order chi connectivity index (χ1) is 13.8. The van der Waals surface area contributed by atoms with Crippen LogP contribution in [0.3, 0.4) is 0 Å². The highest BCUT2D eigenvalue weighted by molar-refractivity contribution is 5.79. The Hall–Kier alpha value is -2.51. The molecule has 2 N–H and O–H groups in total. The minimum absolute atomic E-state index is 0.506. The number of ether oxygens (including phenoxy) is 3. The van der Waals surface area contributed by atoms with Crippen LogP contribution in [0.25, 0.3) is 0 Å². The topological polar surface area (TPSA) is 77.3 Å². The SMILES string of the molecule is CCNC(=NCc1ccc(OCCOC)cc1)NCCCOCc1ccco1. The van der Waals surface area contributed by atoms with Crippen molar-refractivity contribution in [2.75, 3.05) is 40.0 Å². The van der Waals surface area contributed by atoms with E-state index in [9.17, 15) is 0 Å². The Bertz CT molecular complexity index is 657. The van der Waals surface area contributed by atoms with Crippen LogP contribution in [0, 0.1) is 0 Å². The van der Waals surface area contributed by atoms with Crippen molar-refractivity contribution in [2.24, 2.45) is 4.99 Å². The van der Waals surface area contributed by atoms with Crippen molar-refractivity contribution >= 4 is 5.96 Å². The van der Waals surface area contributed by atoms with Gasteiger partial charge in [-0.05, 0) is 43.2 Å². The summed E-state index contributed by atoms with van der Waals surface area (Å²) in [5, 5.41) is 6.58. The largest absolute Gasteiger partial charge is 0.491 e. The Morgan fingerprint density at radius 2 is 1.93 bits per heavy atom. The first-order valence-electron chi connectivity index (χ1n) is 9.64. The number of furan rings is 1. The molecule has 28 heavy (non-hydrogen) atoms. The molecule has 0 saturated heterocycles. The van der Waals surface area contributed by atoms with Crippen molar-refractivity contribution in [3.05, 3.63) is 54.0 Å². The molecule has 1 aromatic carbocycles. The molecule has 0 spiro atoms. The van der Waals surface area contributed by atoms with Gasteiger partial charge in [0.1, 0.15) is 24.7 Å². The van der Waals surface area contributed by atoms with Crippen molar-refractivity contribution in [1.82, 2.24) is 10.6 Å². The molecule has 0 fully saturated rings. The van der Waals surface area contributed by atoms with Gasteiger partial charge in [0.25, 0.3) is 0 Å². The molecule has 2 aromatic rings. The lowest BCUT2D eigenvalue weighted by molar-refractivity contribution is 0.105. The molecule has 0 aliphatic rings. The maximum absolute atomic E-state index is 5.58. The van der Waals surface area contributed by atoms with Gasteiger partial charge in [-0.15, -0.1) is 0 Å². The van der Waals surface area contributed by atoms with Crippen LogP contribution < -0.4 is 15.4 Å². The summed E-state index contributed by atoms with van der Waals surface area (Å²) in [6.07, 6.45) is 2.54. The van der Waals surface area contributed by atoms with E-state index in [0.717, 1.165) is 42.5 Å². The van der Waals surface area contributed by atoms with Gasteiger partial charge in [-0.3, -0.25) is 0 Å². The number of methoxy groups -OCH3 is 1. The number of aliphatic imine (C=N–C) groups is 1. The van der Waals surface area contributed by atoms with Gasteiger partial charge in [0.15, 0.2) is 5.96 Å². The van der Waals surface area contributed by atoms with Gasteiger partial charge in [-0.25, -0.2) is 4.99 Å². The first-order valence-corrected chi connectivity index (χ1v) is 9.64. The number of hydrogen-bond acceptors (Lipinski definition) is 5. The Morgan fingerprint density at radius 3 is 2.64 bits per heavy atom. The summed E-state index contributed by atoms with van der Waals surface area (Å²) < 4.78 is 21.4. The molecule has 0 saturated carbocycles. The third-order valence-electron chi connectivity index (χ3n) is 3.83. The van der Waals surface area contributed by atoms with Crippen molar-refractivity contribution in [3.8, 4) is 5.75 Å². The van der Waals surface area contributed by atoms with Crippen LogP contribution in [0.2, 0.25) is 0 Å². The van der Waals surface area contributed by atoms with Gasteiger partial charge >= 0.3 is 0 Å². The summed E-state index contributed by atoms with van der Waals surface area (Å²) in [7, 11) is 1.66. The molecule has 0 radical (unpaired) electrons. The third kappa shape index (κ3) is 8.92. The number of guanidine groups is 1. The number of hydrogen-bond donors (Lipinski definition) is 2. The fourth-order valence-electron chi connectivity index (χ4n) is 2.39. The number of benzene rings is 1. The molecule has 0 aliphatic heterocycles. The second kappa shape index (κ2) is 13.6. The second-order valence-corrected chi connectivity index (χ2v) is 6.09. The van der Waals surface area contributed by atoms with Gasteiger partial charge in [0, 0.05) is 26.8 Å². The lowest BCUT2D eigenvalue weighted by atomic mass is 10.2. The van der Waals surface area contributed by atoms with E-state index in [2.05, 4.69) is 22.5 Å². The Morgan fingerprint density at radius 1 is 1.07 bits per heavy atom. The van der Waals surface area contributed by atoms with E-state index in [-0.39, 0.29) is 0 Å². The van der Waals surface area contributed by atoms with Crippen molar-refractivity contribution in [1.29, 1.82) is 0 Å². The molecule has 0 atom stereocenters. The maximum Gasteiger partial charge on any atom is 0.191 e. The summed E-state index contributed by atoms with van der Waals surface area (Å²) in [4.78, 5) is 4.63. The molecule has 0 bridgehead atoms. The predicted molar refractivity (Wildman–Crippen MR) is 110 cm³/mol. The number of rotatable bonds is 13. The Balaban J connectivity index is 1.67. The molecule has 7 heteroatoms. The number of nitrogens with one attached hydrogen (secondary N) is 2. The monoisotopic (exact) mass is 389 g/mol. The van der Waals surface area contributed by atoms with E-state index < -0.39 is 0 Å². The normalized spacial score (nSPS) is 11.4. The van der Waals surface area contributed by atoms with Crippen LogP contribution in [-0.2, 0) is 22.6 Å². The molecule has 0 unspecified atom stereocenters. The molecule has 1 aromatic heterocycles. The average Bonchev–Trinajstić information content (AvgIpc) is 3.23. The minimum atomic E-state index is 0.506. The highest BCUT2D eigenvalue weighted by Gasteiger charge is 2.00. The molecule has 0 aliphatic carbocycles. The smallest absolute Gasteiger partial charge is 0.191 e. The van der Waals surface area contributed by atoms with Crippen LogP contribution in [-0.4, -0.2) is 46.0 Å². The molecular formula is C21H31N3O4. The van der Waals surface area contributed by atoms with Crippen LogP contribution in [0.1, 0.15) is 24.7 Å². The van der Waals surface area contributed by atoms with Gasteiger partial charge in [-0.2, -0.15) is 0 Å². The Kier molecular flexibility index (Phi) is 10.6. The summed E-state index contributed by atoms with van der Waals surface area (Å²) in [5.74, 6) is 2.48. The van der Waals surface area contributed by atoms with Crippen molar-refractivity contribution in [3.63, 3.8) is 0 Å². The number of nitrogens with zero attached hydrogens (tertiary/aromatic N) is 1. The van der Waals surface area contributed by atoms with E-state index in [1.54, 1.807) is 13.4 Å². The van der Waals surface area contributed by atoms with Gasteiger partial charge < -0.3 is 29.3 Å². The quantitative estimate of drug-likeness (QED) is 0.312. The standard InChI is InChI=1S/C21H31N3O4/c1-3-22-21(23-11-5-12-26-17-20-6-4-13-27-20)24-16-18-7-9-19(10-8-18)28-15-14-25-2/h4,6-10,13H,3,5,11-12,14-17H2,1-2H3,(H2,22,23,24). The highest BCUT2D eigenvalue weighted by Crippen LogP contribution is 2.12. The highest BCUT2D eigenvalue weighted by atomic mass is 16.5. The van der Waals surface area contributed by atoms with Crippen LogP contribution in [0.15, 0.2) is 52.1 Å². The van der Waals surface area contributed by atoms with E-state index in [0.29, 0.717) is 33.0 Å². The zero-order valence-electron chi connectivity index (χ0n) is 16.8. The Labute approximate surface area is 167 Å². The summed E-state index contributed by atoms with van der Waals surface area (Å²) in [6.45, 7) is 6.55. The summed E-state index contributed by atoms with van der Waals surface area (Å²) in [5.41, 5.74) is 1.12. The molecule has 1 heterocycles. The van der Waals surface area contributed by atoms with Crippen molar-refractivity contribution < 1.29 is 18.6 Å². The lowest BCUT2D eigenvalue weighted by Crippen LogP contribution is -2.38. The molecular weight excluding hydrogens is 358 g/mol. The van der Waals surface area contributed by atoms with E-state index in [4.69, 9.17) is 18.6 Å². The molecule has 154 valence electrons.